The maximum Gasteiger partial charge on any atom is 0.256 e. The second-order valence-corrected chi connectivity index (χ2v) is 8.33. The van der Waals surface area contributed by atoms with Crippen molar-refractivity contribution in [2.45, 2.75) is 32.2 Å². The lowest BCUT2D eigenvalue weighted by Gasteiger charge is -2.36. The molecule has 0 aliphatic heterocycles. The van der Waals surface area contributed by atoms with Crippen LogP contribution in [0.4, 0.5) is 0 Å². The van der Waals surface area contributed by atoms with Gasteiger partial charge in [-0.3, -0.25) is 4.79 Å². The Hall–Kier alpha value is -2.84. The Morgan fingerprint density at radius 3 is 2.50 bits per heavy atom. The molecule has 1 amide bonds. The van der Waals surface area contributed by atoms with E-state index < -0.39 is 0 Å². The maximum atomic E-state index is 13.7. The zero-order chi connectivity index (χ0) is 20.9. The fraction of sp³-hybridized carbons (Fsp3) is 0.222. The van der Waals surface area contributed by atoms with Crippen molar-refractivity contribution in [1.82, 2.24) is 4.90 Å². The van der Waals surface area contributed by atoms with Crippen molar-refractivity contribution in [2.75, 3.05) is 6.54 Å². The van der Waals surface area contributed by atoms with Crippen LogP contribution in [0.1, 0.15) is 52.9 Å². The van der Waals surface area contributed by atoms with E-state index in [1.165, 1.54) is 11.1 Å². The first-order valence-electron chi connectivity index (χ1n) is 10.5. The zero-order valence-corrected chi connectivity index (χ0v) is 18.0. The molecular weight excluding hydrogens is 390 g/mol. The summed E-state index contributed by atoms with van der Waals surface area (Å²) in [5, 5.41) is 0.501. The highest BCUT2D eigenvalue weighted by Crippen LogP contribution is 2.36. The van der Waals surface area contributed by atoms with Gasteiger partial charge < -0.3 is 4.90 Å². The molecule has 3 heteroatoms. The molecule has 30 heavy (non-hydrogen) atoms. The summed E-state index contributed by atoms with van der Waals surface area (Å²) >= 11 is 6.41. The number of aryl methyl sites for hydroxylation is 1. The number of fused-ring (bicyclic) bond motifs is 1. The molecule has 0 saturated carbocycles. The number of carbonyl (C=O) groups is 1. The summed E-state index contributed by atoms with van der Waals surface area (Å²) in [4.78, 5) is 15.7. The van der Waals surface area contributed by atoms with Crippen molar-refractivity contribution in [3.8, 4) is 0 Å². The number of hydrogen-bond acceptors (Lipinski definition) is 1. The van der Waals surface area contributed by atoms with Gasteiger partial charge in [-0.1, -0.05) is 90.0 Å². The first kappa shape index (κ1) is 20.4. The van der Waals surface area contributed by atoms with Crippen molar-refractivity contribution in [3.05, 3.63) is 112 Å². The monoisotopic (exact) mass is 415 g/mol. The lowest BCUT2D eigenvalue weighted by molar-refractivity contribution is 0.0678. The van der Waals surface area contributed by atoms with E-state index in [4.69, 9.17) is 11.6 Å². The van der Waals surface area contributed by atoms with Crippen LogP contribution in [0.15, 0.2) is 84.4 Å². The molecule has 1 atom stereocenters. The molecule has 2 nitrogen and oxygen atoms in total. The van der Waals surface area contributed by atoms with Gasteiger partial charge in [0.25, 0.3) is 5.91 Å². The fourth-order valence-corrected chi connectivity index (χ4v) is 4.53. The topological polar surface area (TPSA) is 20.3 Å². The van der Waals surface area contributed by atoms with Crippen molar-refractivity contribution in [3.63, 3.8) is 0 Å². The van der Waals surface area contributed by atoms with Crippen molar-refractivity contribution in [2.24, 2.45) is 0 Å². The Labute approximate surface area is 183 Å². The number of amides is 1. The average Bonchev–Trinajstić information content (AvgIpc) is 2.78. The maximum absolute atomic E-state index is 13.7. The summed E-state index contributed by atoms with van der Waals surface area (Å²) in [7, 11) is 0. The van der Waals surface area contributed by atoms with Crippen molar-refractivity contribution in [1.29, 1.82) is 0 Å². The minimum atomic E-state index is -0.0110. The molecule has 0 radical (unpaired) electrons. The molecule has 0 N–H and O–H groups in total. The molecule has 1 unspecified atom stereocenters. The lowest BCUT2D eigenvalue weighted by atomic mass is 9.86. The van der Waals surface area contributed by atoms with E-state index in [1.54, 1.807) is 6.07 Å². The van der Waals surface area contributed by atoms with Crippen LogP contribution < -0.4 is 0 Å². The predicted octanol–water partition coefficient (Wildman–Crippen LogP) is 6.96. The third-order valence-corrected chi connectivity index (χ3v) is 6.04. The van der Waals surface area contributed by atoms with Gasteiger partial charge in [0, 0.05) is 6.54 Å². The van der Waals surface area contributed by atoms with Gasteiger partial charge in [-0.25, -0.2) is 0 Å². The summed E-state index contributed by atoms with van der Waals surface area (Å²) in [6.07, 6.45) is 5.27. The number of halogens is 1. The van der Waals surface area contributed by atoms with Crippen LogP contribution in [0.3, 0.4) is 0 Å². The lowest BCUT2D eigenvalue weighted by Crippen LogP contribution is -2.38. The first-order chi connectivity index (χ1) is 14.6. The number of benzene rings is 3. The molecule has 0 fully saturated rings. The standard InChI is InChI=1S/C27H26ClNO/c1-20(18-21-10-3-2-4-11-21)19-29(27(30)24-15-7-8-16-25(24)28)26-17-9-13-22-12-5-6-14-23(22)26/h2-8,10-12,14-16,18,26H,9,13,17,19H2,1H3/b20-18+. The molecular formula is C27H26ClNO. The van der Waals surface area contributed by atoms with Crippen LogP contribution in [-0.4, -0.2) is 17.4 Å². The predicted molar refractivity (Wildman–Crippen MR) is 125 cm³/mol. The summed E-state index contributed by atoms with van der Waals surface area (Å²) in [6, 6.07) is 26.1. The van der Waals surface area contributed by atoms with Crippen molar-refractivity contribution >= 4 is 23.6 Å². The van der Waals surface area contributed by atoms with E-state index in [9.17, 15) is 4.79 Å². The van der Waals surface area contributed by atoms with Crippen LogP contribution in [0.5, 0.6) is 0 Å². The molecule has 0 bridgehead atoms. The number of nitrogens with zero attached hydrogens (tertiary/aromatic N) is 1. The van der Waals surface area contributed by atoms with E-state index >= 15 is 0 Å². The smallest absolute Gasteiger partial charge is 0.256 e. The normalized spacial score (nSPS) is 16.1. The molecule has 0 saturated heterocycles. The Morgan fingerprint density at radius 2 is 1.70 bits per heavy atom. The van der Waals surface area contributed by atoms with E-state index in [0.717, 1.165) is 30.4 Å². The summed E-state index contributed by atoms with van der Waals surface area (Å²) < 4.78 is 0. The highest BCUT2D eigenvalue weighted by molar-refractivity contribution is 6.33. The number of carbonyl (C=O) groups excluding carboxylic acids is 1. The van der Waals surface area contributed by atoms with Gasteiger partial charge in [0.1, 0.15) is 0 Å². The SMILES string of the molecule is C/C(=C\c1ccccc1)CN(C(=O)c1ccccc1Cl)C1CCCc2ccccc21. The minimum absolute atomic E-state index is 0.0110. The minimum Gasteiger partial charge on any atom is -0.328 e. The zero-order valence-electron chi connectivity index (χ0n) is 17.2. The molecule has 3 aromatic carbocycles. The van der Waals surface area contributed by atoms with Crippen LogP contribution in [0, 0.1) is 0 Å². The Balaban J connectivity index is 1.71. The van der Waals surface area contributed by atoms with E-state index in [2.05, 4.69) is 49.4 Å². The third-order valence-electron chi connectivity index (χ3n) is 5.71. The first-order valence-corrected chi connectivity index (χ1v) is 10.9. The van der Waals surface area contributed by atoms with Gasteiger partial charge in [-0.15, -0.1) is 0 Å². The second kappa shape index (κ2) is 9.32. The Bertz CT molecular complexity index is 1060. The van der Waals surface area contributed by atoms with Gasteiger partial charge in [0.05, 0.1) is 16.6 Å². The molecule has 0 heterocycles. The molecule has 0 spiro atoms. The number of rotatable bonds is 5. The van der Waals surface area contributed by atoms with Gasteiger partial charge in [0.2, 0.25) is 0 Å². The van der Waals surface area contributed by atoms with Crippen molar-refractivity contribution < 1.29 is 4.79 Å². The highest BCUT2D eigenvalue weighted by Gasteiger charge is 2.30. The largest absolute Gasteiger partial charge is 0.328 e. The Kier molecular flexibility index (Phi) is 6.35. The van der Waals surface area contributed by atoms with E-state index in [0.29, 0.717) is 17.1 Å². The molecule has 3 aromatic rings. The summed E-state index contributed by atoms with van der Waals surface area (Å²) in [5.41, 5.74) is 5.45. The van der Waals surface area contributed by atoms with Crippen LogP contribution in [0.2, 0.25) is 5.02 Å². The average molecular weight is 416 g/mol. The molecule has 1 aliphatic rings. The summed E-state index contributed by atoms with van der Waals surface area (Å²) in [5.74, 6) is -0.0110. The molecule has 4 rings (SSSR count). The third kappa shape index (κ3) is 4.49. The van der Waals surface area contributed by atoms with Crippen LogP contribution in [0.25, 0.3) is 6.08 Å². The van der Waals surface area contributed by atoms with E-state index in [1.807, 2.05) is 41.3 Å². The molecule has 152 valence electrons. The molecule has 1 aliphatic carbocycles. The van der Waals surface area contributed by atoms with Crippen LogP contribution >= 0.6 is 11.6 Å². The quantitative estimate of drug-likeness (QED) is 0.440. The van der Waals surface area contributed by atoms with E-state index in [-0.39, 0.29) is 11.9 Å². The summed E-state index contributed by atoms with van der Waals surface area (Å²) in [6.45, 7) is 2.66. The fourth-order valence-electron chi connectivity index (χ4n) is 4.31. The highest BCUT2D eigenvalue weighted by atomic mass is 35.5. The Morgan fingerprint density at radius 1 is 1.00 bits per heavy atom. The van der Waals surface area contributed by atoms with Gasteiger partial charge in [-0.05, 0) is 55.0 Å². The van der Waals surface area contributed by atoms with Gasteiger partial charge >= 0.3 is 0 Å². The van der Waals surface area contributed by atoms with Gasteiger partial charge in [-0.2, -0.15) is 0 Å². The number of hydrogen-bond donors (Lipinski definition) is 0. The molecule has 0 aromatic heterocycles. The van der Waals surface area contributed by atoms with Gasteiger partial charge in [0.15, 0.2) is 0 Å². The van der Waals surface area contributed by atoms with Crippen LogP contribution in [-0.2, 0) is 6.42 Å². The second-order valence-electron chi connectivity index (χ2n) is 7.92.